The fourth-order valence-corrected chi connectivity index (χ4v) is 1.99. The lowest BCUT2D eigenvalue weighted by molar-refractivity contribution is -0.385. The number of rotatable bonds is 4. The van der Waals surface area contributed by atoms with Crippen LogP contribution in [0.25, 0.3) is 0 Å². The maximum absolute atomic E-state index is 10.8. The van der Waals surface area contributed by atoms with Crippen LogP contribution in [0, 0.1) is 10.1 Å². The highest BCUT2D eigenvalue weighted by Gasteiger charge is 2.16. The van der Waals surface area contributed by atoms with Crippen LogP contribution >= 0.6 is 0 Å². The fraction of sp³-hybridized carbons (Fsp3) is 0.500. The molecule has 5 heteroatoms. The van der Waals surface area contributed by atoms with Crippen molar-refractivity contribution in [1.82, 2.24) is 5.32 Å². The van der Waals surface area contributed by atoms with Gasteiger partial charge < -0.3 is 10.1 Å². The van der Waals surface area contributed by atoms with Crippen LogP contribution in [0.2, 0.25) is 0 Å². The molecule has 1 fully saturated rings. The highest BCUT2D eigenvalue weighted by Crippen LogP contribution is 2.18. The molecule has 17 heavy (non-hydrogen) atoms. The van der Waals surface area contributed by atoms with E-state index in [9.17, 15) is 10.1 Å². The summed E-state index contributed by atoms with van der Waals surface area (Å²) >= 11 is 0. The second-order valence-electron chi connectivity index (χ2n) is 4.15. The second-order valence-corrected chi connectivity index (χ2v) is 4.15. The van der Waals surface area contributed by atoms with E-state index >= 15 is 0 Å². The van der Waals surface area contributed by atoms with Crippen molar-refractivity contribution in [1.29, 1.82) is 0 Å². The van der Waals surface area contributed by atoms with Gasteiger partial charge in [-0.15, -0.1) is 0 Å². The Morgan fingerprint density at radius 2 is 2.06 bits per heavy atom. The molecule has 0 amide bonds. The molecule has 1 aromatic carbocycles. The molecule has 0 unspecified atom stereocenters. The van der Waals surface area contributed by atoms with Crippen molar-refractivity contribution in [3.63, 3.8) is 0 Å². The number of hydrogen-bond acceptors (Lipinski definition) is 4. The fourth-order valence-electron chi connectivity index (χ4n) is 1.99. The van der Waals surface area contributed by atoms with Gasteiger partial charge in [-0.1, -0.05) is 18.2 Å². The maximum atomic E-state index is 10.8. The number of nitrogens with one attached hydrogen (secondary N) is 1. The van der Waals surface area contributed by atoms with Crippen LogP contribution in [0.1, 0.15) is 18.4 Å². The number of nitrogens with zero attached hydrogens (tertiary/aromatic N) is 1. The molecule has 0 aliphatic carbocycles. The molecule has 5 nitrogen and oxygen atoms in total. The van der Waals surface area contributed by atoms with Crippen molar-refractivity contribution in [3.05, 3.63) is 39.9 Å². The molecule has 0 radical (unpaired) electrons. The number of para-hydroxylation sites is 1. The minimum atomic E-state index is -0.332. The molecule has 2 rings (SSSR count). The highest BCUT2D eigenvalue weighted by molar-refractivity contribution is 5.39. The van der Waals surface area contributed by atoms with Gasteiger partial charge in [-0.2, -0.15) is 0 Å². The first kappa shape index (κ1) is 12.0. The van der Waals surface area contributed by atoms with Gasteiger partial charge in [0.05, 0.1) is 4.92 Å². The SMILES string of the molecule is O=[N+]([O-])c1ccccc1CNC1CCOCC1. The van der Waals surface area contributed by atoms with Crippen LogP contribution in [0.15, 0.2) is 24.3 Å². The lowest BCUT2D eigenvalue weighted by Crippen LogP contribution is -2.34. The van der Waals surface area contributed by atoms with Crippen LogP contribution in [-0.2, 0) is 11.3 Å². The van der Waals surface area contributed by atoms with Gasteiger partial charge in [0.15, 0.2) is 0 Å². The monoisotopic (exact) mass is 236 g/mol. The first-order valence-electron chi connectivity index (χ1n) is 5.81. The highest BCUT2D eigenvalue weighted by atomic mass is 16.6. The predicted octanol–water partition coefficient (Wildman–Crippen LogP) is 1.86. The van der Waals surface area contributed by atoms with E-state index in [0.29, 0.717) is 12.6 Å². The molecule has 0 aromatic heterocycles. The minimum absolute atomic E-state index is 0.187. The molecule has 0 atom stereocenters. The van der Waals surface area contributed by atoms with Gasteiger partial charge in [-0.05, 0) is 12.8 Å². The average Bonchev–Trinajstić information content (AvgIpc) is 2.38. The van der Waals surface area contributed by atoms with E-state index in [1.165, 1.54) is 0 Å². The third-order valence-corrected chi connectivity index (χ3v) is 2.99. The molecule has 0 bridgehead atoms. The zero-order valence-electron chi connectivity index (χ0n) is 9.59. The van der Waals surface area contributed by atoms with Crippen LogP contribution in [0.4, 0.5) is 5.69 Å². The van der Waals surface area contributed by atoms with E-state index < -0.39 is 0 Å². The number of nitro groups is 1. The number of nitro benzene ring substituents is 1. The van der Waals surface area contributed by atoms with Crippen LogP contribution in [-0.4, -0.2) is 24.2 Å². The quantitative estimate of drug-likeness (QED) is 0.640. The van der Waals surface area contributed by atoms with Crippen LogP contribution < -0.4 is 5.32 Å². The zero-order valence-corrected chi connectivity index (χ0v) is 9.59. The first-order chi connectivity index (χ1) is 8.27. The van der Waals surface area contributed by atoms with Gasteiger partial charge in [-0.3, -0.25) is 10.1 Å². The minimum Gasteiger partial charge on any atom is -0.381 e. The molecule has 0 saturated carbocycles. The number of ether oxygens (including phenoxy) is 1. The summed E-state index contributed by atoms with van der Waals surface area (Å²) in [6.45, 7) is 2.09. The summed E-state index contributed by atoms with van der Waals surface area (Å²) in [7, 11) is 0. The lowest BCUT2D eigenvalue weighted by Gasteiger charge is -2.23. The maximum Gasteiger partial charge on any atom is 0.273 e. The van der Waals surface area contributed by atoms with Crippen molar-refractivity contribution in [2.45, 2.75) is 25.4 Å². The Balaban J connectivity index is 1.96. The van der Waals surface area contributed by atoms with E-state index in [4.69, 9.17) is 4.74 Å². The summed E-state index contributed by atoms with van der Waals surface area (Å²) in [5, 5.41) is 14.2. The Kier molecular flexibility index (Phi) is 4.06. The van der Waals surface area contributed by atoms with Gasteiger partial charge in [-0.25, -0.2) is 0 Å². The second kappa shape index (κ2) is 5.75. The zero-order chi connectivity index (χ0) is 12.1. The van der Waals surface area contributed by atoms with Crippen molar-refractivity contribution >= 4 is 5.69 Å². The third kappa shape index (κ3) is 3.25. The Morgan fingerprint density at radius 3 is 2.76 bits per heavy atom. The molecule has 1 heterocycles. The number of benzene rings is 1. The van der Waals surface area contributed by atoms with Crippen molar-refractivity contribution in [3.8, 4) is 0 Å². The normalized spacial score (nSPS) is 16.9. The summed E-state index contributed by atoms with van der Waals surface area (Å²) in [5.74, 6) is 0. The average molecular weight is 236 g/mol. The van der Waals surface area contributed by atoms with Crippen LogP contribution in [0.5, 0.6) is 0 Å². The Bertz CT molecular complexity index is 389. The molecule has 1 aliphatic heterocycles. The summed E-state index contributed by atoms with van der Waals surface area (Å²) in [6.07, 6.45) is 1.95. The summed E-state index contributed by atoms with van der Waals surface area (Å²) in [4.78, 5) is 10.5. The Labute approximate surface area is 99.9 Å². The van der Waals surface area contributed by atoms with Crippen molar-refractivity contribution in [2.24, 2.45) is 0 Å². The van der Waals surface area contributed by atoms with E-state index in [-0.39, 0.29) is 10.6 Å². The lowest BCUT2D eigenvalue weighted by atomic mass is 10.1. The van der Waals surface area contributed by atoms with Gasteiger partial charge in [0.2, 0.25) is 0 Å². The van der Waals surface area contributed by atoms with Crippen molar-refractivity contribution < 1.29 is 9.66 Å². The standard InChI is InChI=1S/C12H16N2O3/c15-14(16)12-4-2-1-3-10(12)9-13-11-5-7-17-8-6-11/h1-4,11,13H,5-9H2. The summed E-state index contributed by atoms with van der Waals surface area (Å²) < 4.78 is 5.27. The summed E-state index contributed by atoms with van der Waals surface area (Å²) in [5.41, 5.74) is 0.927. The molecule has 0 spiro atoms. The first-order valence-corrected chi connectivity index (χ1v) is 5.81. The van der Waals surface area contributed by atoms with E-state index in [1.54, 1.807) is 18.2 Å². The molecular weight excluding hydrogens is 220 g/mol. The molecule has 1 N–H and O–H groups in total. The predicted molar refractivity (Wildman–Crippen MR) is 63.8 cm³/mol. The van der Waals surface area contributed by atoms with E-state index in [1.807, 2.05) is 6.07 Å². The summed E-state index contributed by atoms with van der Waals surface area (Å²) in [6, 6.07) is 7.26. The van der Waals surface area contributed by atoms with E-state index in [2.05, 4.69) is 5.32 Å². The van der Waals surface area contributed by atoms with Crippen LogP contribution in [0.3, 0.4) is 0 Å². The molecule has 1 saturated heterocycles. The van der Waals surface area contributed by atoms with E-state index in [0.717, 1.165) is 31.6 Å². The molecule has 92 valence electrons. The van der Waals surface area contributed by atoms with Gasteiger partial charge >= 0.3 is 0 Å². The van der Waals surface area contributed by atoms with Crippen molar-refractivity contribution in [2.75, 3.05) is 13.2 Å². The topological polar surface area (TPSA) is 64.4 Å². The Hall–Kier alpha value is -1.46. The third-order valence-electron chi connectivity index (χ3n) is 2.99. The molecule has 1 aromatic rings. The van der Waals surface area contributed by atoms with Gasteiger partial charge in [0, 0.05) is 37.4 Å². The molecular formula is C12H16N2O3. The Morgan fingerprint density at radius 1 is 1.35 bits per heavy atom. The number of hydrogen-bond donors (Lipinski definition) is 1. The van der Waals surface area contributed by atoms with Gasteiger partial charge in [0.25, 0.3) is 5.69 Å². The molecule has 1 aliphatic rings. The van der Waals surface area contributed by atoms with Gasteiger partial charge in [0.1, 0.15) is 0 Å². The largest absolute Gasteiger partial charge is 0.381 e. The smallest absolute Gasteiger partial charge is 0.273 e.